The molecule has 12 nitrogen and oxygen atoms in total. The van der Waals surface area contributed by atoms with E-state index in [1.807, 2.05) is 39.5 Å². The summed E-state index contributed by atoms with van der Waals surface area (Å²) in [5.74, 6) is 2.67. The topological polar surface area (TPSA) is 159 Å². The van der Waals surface area contributed by atoms with E-state index < -0.39 is 27.8 Å². The van der Waals surface area contributed by atoms with Gasteiger partial charge in [-0.2, -0.15) is 31.9 Å². The first kappa shape index (κ1) is 61.2. The number of thioether (sulfide) groups is 2. The highest BCUT2D eigenvalue weighted by Gasteiger charge is 2.34. The van der Waals surface area contributed by atoms with Gasteiger partial charge in [0.15, 0.2) is 17.4 Å². The van der Waals surface area contributed by atoms with Gasteiger partial charge >= 0.3 is 0 Å². The quantitative estimate of drug-likeness (QED) is 0.0445. The third-order valence-electron chi connectivity index (χ3n) is 9.98. The average molecular weight is 935 g/mol. The minimum absolute atomic E-state index is 0.0161. The molecule has 0 spiro atoms. The summed E-state index contributed by atoms with van der Waals surface area (Å²) in [4.78, 5) is 0. The number of hydrogen-bond acceptors (Lipinski definition) is 14. The van der Waals surface area contributed by atoms with Gasteiger partial charge < -0.3 is 43.7 Å². The molecular formula is C46H94O12S3. The van der Waals surface area contributed by atoms with Crippen LogP contribution in [0.4, 0.5) is 0 Å². The molecule has 61 heavy (non-hydrogen) atoms. The van der Waals surface area contributed by atoms with E-state index in [9.17, 15) is 8.42 Å². The van der Waals surface area contributed by atoms with Gasteiger partial charge in [-0.1, -0.05) is 129 Å². The molecule has 0 radical (unpaired) electrons. The minimum atomic E-state index is -3.38. The number of hydrogen-bond donors (Lipinski definition) is 3. The summed E-state index contributed by atoms with van der Waals surface area (Å²) in [6.07, 6.45) is 28.2. The number of aliphatic hydroxyl groups is 3. The molecule has 0 unspecified atom stereocenters. The molecule has 0 amide bonds. The second kappa shape index (κ2) is 37.4. The van der Waals surface area contributed by atoms with E-state index in [4.69, 9.17) is 43.7 Å². The summed E-state index contributed by atoms with van der Waals surface area (Å²) in [6, 6.07) is 0. The highest BCUT2D eigenvalue weighted by molar-refractivity contribution is 7.99. The fraction of sp³-hybridized carbons (Fsp3) is 1.00. The van der Waals surface area contributed by atoms with Gasteiger partial charge in [0.05, 0.1) is 58.1 Å². The Morgan fingerprint density at radius 3 is 1.26 bits per heavy atom. The Hall–Kier alpha value is 0.250. The first-order valence-corrected chi connectivity index (χ1v) is 27.8. The van der Waals surface area contributed by atoms with E-state index in [-0.39, 0.29) is 37.8 Å². The summed E-state index contributed by atoms with van der Waals surface area (Å²) in [7, 11) is -3.38. The SMILES string of the molecule is CC1(C)OC[C@@H](CO)O1.CC1(C)OC[C@@H](COS(C)(=O)=O)O1.CCCCCCCCCCCCSC[C@@H](O)CO.CCCCCCCCCCCCSC[C@@H]1COC(C)(C)O1. The number of rotatable bonds is 31. The first-order valence-electron chi connectivity index (χ1n) is 23.7. The van der Waals surface area contributed by atoms with E-state index in [0.717, 1.165) is 24.4 Å². The fourth-order valence-electron chi connectivity index (χ4n) is 6.61. The van der Waals surface area contributed by atoms with Crippen LogP contribution in [0.2, 0.25) is 0 Å². The van der Waals surface area contributed by atoms with Crippen molar-refractivity contribution in [2.45, 2.75) is 226 Å². The summed E-state index contributed by atoms with van der Waals surface area (Å²) < 4.78 is 58.2. The van der Waals surface area contributed by atoms with Crippen LogP contribution < -0.4 is 0 Å². The molecule has 4 atom stereocenters. The average Bonchev–Trinajstić information content (AvgIpc) is 3.88. The fourth-order valence-corrected chi connectivity index (χ4v) is 8.97. The molecular weight excluding hydrogens is 841 g/mol. The lowest BCUT2D eigenvalue weighted by atomic mass is 10.1. The predicted molar refractivity (Wildman–Crippen MR) is 254 cm³/mol. The summed E-state index contributed by atoms with van der Waals surface area (Å²) in [6.45, 7) is 17.3. The smallest absolute Gasteiger partial charge is 0.264 e. The van der Waals surface area contributed by atoms with Gasteiger partial charge in [-0.25, -0.2) is 0 Å². The Morgan fingerprint density at radius 1 is 0.574 bits per heavy atom. The molecule has 0 aromatic rings. The van der Waals surface area contributed by atoms with Crippen LogP contribution in [0.3, 0.4) is 0 Å². The highest BCUT2D eigenvalue weighted by Crippen LogP contribution is 2.26. The van der Waals surface area contributed by atoms with E-state index in [0.29, 0.717) is 25.1 Å². The molecule has 3 N–H and O–H groups in total. The Bertz CT molecular complexity index is 1100. The van der Waals surface area contributed by atoms with Crippen molar-refractivity contribution in [3.8, 4) is 0 Å². The van der Waals surface area contributed by atoms with Gasteiger partial charge in [-0.15, -0.1) is 0 Å². The first-order chi connectivity index (χ1) is 28.9. The molecule has 3 aliphatic heterocycles. The number of ether oxygens (including phenoxy) is 6. The third-order valence-corrected chi connectivity index (χ3v) is 12.9. The van der Waals surface area contributed by atoms with Crippen molar-refractivity contribution in [2.24, 2.45) is 0 Å². The van der Waals surface area contributed by atoms with Crippen LogP contribution in [-0.2, 0) is 42.7 Å². The van der Waals surface area contributed by atoms with Gasteiger partial charge in [-0.05, 0) is 65.9 Å². The van der Waals surface area contributed by atoms with Crippen LogP contribution in [-0.4, -0.2) is 134 Å². The summed E-state index contributed by atoms with van der Waals surface area (Å²) >= 11 is 3.78. The predicted octanol–water partition coefficient (Wildman–Crippen LogP) is 10.0. The monoisotopic (exact) mass is 935 g/mol. The van der Waals surface area contributed by atoms with Gasteiger partial charge in [0.1, 0.15) is 12.2 Å². The van der Waals surface area contributed by atoms with Crippen molar-refractivity contribution in [2.75, 3.05) is 68.9 Å². The van der Waals surface area contributed by atoms with Crippen LogP contribution in [0.1, 0.15) is 184 Å². The van der Waals surface area contributed by atoms with Crippen LogP contribution in [0.25, 0.3) is 0 Å². The van der Waals surface area contributed by atoms with Crippen LogP contribution in [0.15, 0.2) is 0 Å². The van der Waals surface area contributed by atoms with Crippen LogP contribution in [0, 0.1) is 0 Å². The zero-order valence-electron chi connectivity index (χ0n) is 40.3. The second-order valence-electron chi connectivity index (χ2n) is 17.9. The molecule has 3 heterocycles. The summed E-state index contributed by atoms with van der Waals surface area (Å²) in [5, 5.41) is 26.4. The molecule has 0 aliphatic carbocycles. The van der Waals surface area contributed by atoms with E-state index in [1.54, 1.807) is 25.6 Å². The van der Waals surface area contributed by atoms with Crippen molar-refractivity contribution in [1.29, 1.82) is 0 Å². The highest BCUT2D eigenvalue weighted by atomic mass is 32.2. The normalized spacial score (nSPS) is 21.8. The lowest BCUT2D eigenvalue weighted by Crippen LogP contribution is -2.24. The molecule has 0 aromatic carbocycles. The van der Waals surface area contributed by atoms with Gasteiger partial charge in [0.25, 0.3) is 10.1 Å². The molecule has 368 valence electrons. The summed E-state index contributed by atoms with van der Waals surface area (Å²) in [5.41, 5.74) is 0. The maximum atomic E-state index is 10.6. The van der Waals surface area contributed by atoms with E-state index in [1.165, 1.54) is 134 Å². The third kappa shape index (κ3) is 40.3. The number of unbranched alkanes of at least 4 members (excludes halogenated alkanes) is 18. The maximum absolute atomic E-state index is 10.6. The van der Waals surface area contributed by atoms with Crippen molar-refractivity contribution in [3.05, 3.63) is 0 Å². The Balaban J connectivity index is 0.000000819. The molecule has 0 aromatic heterocycles. The molecule has 3 aliphatic rings. The van der Waals surface area contributed by atoms with Crippen molar-refractivity contribution >= 4 is 33.6 Å². The lowest BCUT2D eigenvalue weighted by Gasteiger charge is -2.16. The lowest BCUT2D eigenvalue weighted by molar-refractivity contribution is -0.142. The van der Waals surface area contributed by atoms with Gasteiger partial charge in [0, 0.05) is 11.5 Å². The van der Waals surface area contributed by atoms with E-state index in [2.05, 4.69) is 18.0 Å². The molecule has 3 rings (SSSR count). The minimum Gasteiger partial charge on any atom is -0.394 e. The zero-order valence-corrected chi connectivity index (χ0v) is 42.7. The maximum Gasteiger partial charge on any atom is 0.264 e. The van der Waals surface area contributed by atoms with Crippen molar-refractivity contribution in [3.63, 3.8) is 0 Å². The Labute approximate surface area is 382 Å². The molecule has 15 heteroatoms. The zero-order chi connectivity index (χ0) is 45.9. The van der Waals surface area contributed by atoms with Gasteiger partial charge in [-0.3, -0.25) is 4.18 Å². The standard InChI is InChI=1S/C18H36O2S.C15H32O2S.C7H14O5S.C6H12O3/c1-4-5-6-7-8-9-10-11-12-13-14-21-16-17-15-19-18(2,3)20-17;1-2-3-4-5-6-7-8-9-10-11-12-18-14-15(17)13-16;1-7(2)10-4-6(12-7)5-11-13(3,8)9;1-6(2)8-4-5(3-7)9-6/h17H,4-16H2,1-3H3;15-17H,2-14H2,1H3;6H,4-5H2,1-3H3;5,7H,3-4H2,1-2H3/t17-;15-;6-;5-/m0001/s1. The van der Waals surface area contributed by atoms with Crippen LogP contribution in [0.5, 0.6) is 0 Å². The van der Waals surface area contributed by atoms with Gasteiger partial charge in [0.2, 0.25) is 0 Å². The van der Waals surface area contributed by atoms with Crippen LogP contribution >= 0.6 is 23.5 Å². The second-order valence-corrected chi connectivity index (χ2v) is 21.8. The Morgan fingerprint density at radius 2 is 0.934 bits per heavy atom. The molecule has 0 saturated carbocycles. The van der Waals surface area contributed by atoms with E-state index >= 15 is 0 Å². The number of aliphatic hydroxyl groups excluding tert-OH is 3. The molecule has 3 fully saturated rings. The Kier molecular flexibility index (Phi) is 37.5. The largest absolute Gasteiger partial charge is 0.394 e. The van der Waals surface area contributed by atoms with Crippen molar-refractivity contribution < 1.29 is 56.3 Å². The molecule has 0 bridgehead atoms. The van der Waals surface area contributed by atoms with Crippen molar-refractivity contribution in [1.82, 2.24) is 0 Å². The molecule has 3 saturated heterocycles.